The van der Waals surface area contributed by atoms with Crippen molar-refractivity contribution < 1.29 is 9.53 Å². The number of amides is 1. The Morgan fingerprint density at radius 3 is 3.04 bits per heavy atom. The number of halogens is 1. The molecule has 8 heteroatoms. The maximum absolute atomic E-state index is 13.0. The van der Waals surface area contributed by atoms with E-state index in [9.17, 15) is 9.59 Å². The van der Waals surface area contributed by atoms with Crippen molar-refractivity contribution in [3.05, 3.63) is 33.6 Å². The number of nitrogens with zero attached hydrogens (tertiary/aromatic N) is 2. The SMILES string of the molecule is CCNC(=O)[C@H](C)Sc1nc2cc(Cl)ccc2c(=O)n1C[C@H]1CCCO1. The first kappa shape index (κ1) is 19.2. The Morgan fingerprint density at radius 1 is 1.54 bits per heavy atom. The zero-order chi connectivity index (χ0) is 18.7. The molecule has 1 amide bonds. The third-order valence-corrected chi connectivity index (χ3v) is 5.62. The molecule has 6 nitrogen and oxygen atoms in total. The first-order valence-electron chi connectivity index (χ1n) is 8.75. The summed E-state index contributed by atoms with van der Waals surface area (Å²) in [5.74, 6) is -0.0818. The average molecular weight is 396 g/mol. The molecule has 3 rings (SSSR count). The van der Waals surface area contributed by atoms with Gasteiger partial charge < -0.3 is 10.1 Å². The minimum absolute atomic E-state index is 0.00150. The van der Waals surface area contributed by atoms with Gasteiger partial charge >= 0.3 is 0 Å². The Balaban J connectivity index is 2.02. The van der Waals surface area contributed by atoms with Crippen LogP contribution in [-0.2, 0) is 16.1 Å². The highest BCUT2D eigenvalue weighted by Gasteiger charge is 2.23. The van der Waals surface area contributed by atoms with Crippen LogP contribution >= 0.6 is 23.4 Å². The van der Waals surface area contributed by atoms with Crippen molar-refractivity contribution in [2.24, 2.45) is 0 Å². The summed E-state index contributed by atoms with van der Waals surface area (Å²) >= 11 is 7.34. The van der Waals surface area contributed by atoms with Gasteiger partial charge in [0.2, 0.25) is 5.91 Å². The van der Waals surface area contributed by atoms with Gasteiger partial charge in [-0.15, -0.1) is 0 Å². The van der Waals surface area contributed by atoms with Gasteiger partial charge in [0, 0.05) is 18.2 Å². The molecular weight excluding hydrogens is 374 g/mol. The molecule has 1 saturated heterocycles. The number of nitrogens with one attached hydrogen (secondary N) is 1. The fraction of sp³-hybridized carbons (Fsp3) is 0.500. The number of carbonyl (C=O) groups excluding carboxylic acids is 1. The Labute approximate surface area is 161 Å². The zero-order valence-electron chi connectivity index (χ0n) is 14.8. The van der Waals surface area contributed by atoms with Crippen LogP contribution < -0.4 is 10.9 Å². The number of ether oxygens (including phenoxy) is 1. The van der Waals surface area contributed by atoms with Gasteiger partial charge in [-0.3, -0.25) is 14.2 Å². The van der Waals surface area contributed by atoms with E-state index in [4.69, 9.17) is 16.3 Å². The van der Waals surface area contributed by atoms with Crippen LogP contribution in [-0.4, -0.2) is 40.0 Å². The molecule has 0 unspecified atom stereocenters. The second-order valence-electron chi connectivity index (χ2n) is 6.26. The molecule has 1 fully saturated rings. The quantitative estimate of drug-likeness (QED) is 0.601. The van der Waals surface area contributed by atoms with E-state index in [1.165, 1.54) is 11.8 Å². The lowest BCUT2D eigenvalue weighted by molar-refractivity contribution is -0.120. The molecule has 1 N–H and O–H groups in total. The van der Waals surface area contributed by atoms with Gasteiger partial charge in [-0.2, -0.15) is 0 Å². The summed E-state index contributed by atoms with van der Waals surface area (Å²) in [4.78, 5) is 29.8. The Hall–Kier alpha value is -1.57. The number of aromatic nitrogens is 2. The topological polar surface area (TPSA) is 73.2 Å². The van der Waals surface area contributed by atoms with E-state index in [0.29, 0.717) is 40.8 Å². The van der Waals surface area contributed by atoms with Gasteiger partial charge in [0.05, 0.1) is 28.8 Å². The number of thioether (sulfide) groups is 1. The highest BCUT2D eigenvalue weighted by molar-refractivity contribution is 8.00. The molecule has 1 aromatic carbocycles. The smallest absolute Gasteiger partial charge is 0.262 e. The van der Waals surface area contributed by atoms with Gasteiger partial charge in [-0.05, 0) is 44.9 Å². The van der Waals surface area contributed by atoms with Crippen molar-refractivity contribution in [3.63, 3.8) is 0 Å². The first-order valence-corrected chi connectivity index (χ1v) is 10.0. The second-order valence-corrected chi connectivity index (χ2v) is 8.01. The van der Waals surface area contributed by atoms with Crippen LogP contribution in [0.25, 0.3) is 10.9 Å². The monoisotopic (exact) mass is 395 g/mol. The van der Waals surface area contributed by atoms with Crippen LogP contribution in [0.5, 0.6) is 0 Å². The van der Waals surface area contributed by atoms with Gasteiger partial charge in [0.1, 0.15) is 0 Å². The Kier molecular flexibility index (Phi) is 6.21. The third kappa shape index (κ3) is 4.22. The van der Waals surface area contributed by atoms with Gasteiger partial charge in [-0.1, -0.05) is 23.4 Å². The summed E-state index contributed by atoms with van der Waals surface area (Å²) in [6, 6.07) is 5.06. The predicted molar refractivity (Wildman–Crippen MR) is 104 cm³/mol. The van der Waals surface area contributed by atoms with Crippen LogP contribution in [0.1, 0.15) is 26.7 Å². The van der Waals surface area contributed by atoms with Crippen molar-refractivity contribution >= 4 is 40.2 Å². The number of carbonyl (C=O) groups is 1. The van der Waals surface area contributed by atoms with Gasteiger partial charge in [0.15, 0.2) is 5.16 Å². The minimum atomic E-state index is -0.366. The summed E-state index contributed by atoms with van der Waals surface area (Å²) < 4.78 is 7.32. The van der Waals surface area contributed by atoms with E-state index in [0.717, 1.165) is 12.8 Å². The van der Waals surface area contributed by atoms with E-state index < -0.39 is 0 Å². The molecule has 1 aromatic heterocycles. The molecule has 0 bridgehead atoms. The van der Waals surface area contributed by atoms with Crippen molar-refractivity contribution in [2.45, 2.75) is 49.7 Å². The molecule has 1 aliphatic rings. The molecule has 2 heterocycles. The van der Waals surface area contributed by atoms with Gasteiger partial charge in [0.25, 0.3) is 5.56 Å². The molecule has 0 aliphatic carbocycles. The number of hydrogen-bond donors (Lipinski definition) is 1. The largest absolute Gasteiger partial charge is 0.376 e. The lowest BCUT2D eigenvalue weighted by atomic mass is 10.2. The van der Waals surface area contributed by atoms with E-state index >= 15 is 0 Å². The standard InChI is InChI=1S/C18H22ClN3O3S/c1-3-20-16(23)11(2)26-18-21-15-9-12(19)6-7-14(15)17(24)22(18)10-13-5-4-8-25-13/h6-7,9,11,13H,3-5,8,10H2,1-2H3,(H,20,23)/t11-,13+/m0/s1. The van der Waals surface area contributed by atoms with Crippen LogP contribution in [0.4, 0.5) is 0 Å². The van der Waals surface area contributed by atoms with Crippen LogP contribution in [0.15, 0.2) is 28.2 Å². The number of fused-ring (bicyclic) bond motifs is 1. The molecule has 0 saturated carbocycles. The van der Waals surface area contributed by atoms with E-state index in [-0.39, 0.29) is 22.8 Å². The highest BCUT2D eigenvalue weighted by atomic mass is 35.5. The fourth-order valence-corrected chi connectivity index (χ4v) is 4.06. The molecule has 1 aliphatic heterocycles. The molecule has 0 radical (unpaired) electrons. The van der Waals surface area contributed by atoms with Gasteiger partial charge in [-0.25, -0.2) is 4.98 Å². The van der Waals surface area contributed by atoms with E-state index in [2.05, 4.69) is 10.3 Å². The van der Waals surface area contributed by atoms with E-state index in [1.807, 2.05) is 6.92 Å². The Morgan fingerprint density at radius 2 is 2.35 bits per heavy atom. The zero-order valence-corrected chi connectivity index (χ0v) is 16.4. The lowest BCUT2D eigenvalue weighted by Gasteiger charge is -2.18. The number of rotatable bonds is 6. The second kappa shape index (κ2) is 8.41. The maximum atomic E-state index is 13.0. The summed E-state index contributed by atoms with van der Waals surface area (Å²) in [6.07, 6.45) is 1.91. The van der Waals surface area contributed by atoms with Crippen LogP contribution in [0.2, 0.25) is 5.02 Å². The molecular formula is C18H22ClN3O3S. The number of hydrogen-bond acceptors (Lipinski definition) is 5. The Bertz CT molecular complexity index is 865. The third-order valence-electron chi connectivity index (χ3n) is 4.29. The minimum Gasteiger partial charge on any atom is -0.376 e. The maximum Gasteiger partial charge on any atom is 0.262 e. The van der Waals surface area contributed by atoms with E-state index in [1.54, 1.807) is 29.7 Å². The lowest BCUT2D eigenvalue weighted by Crippen LogP contribution is -2.33. The predicted octanol–water partition coefficient (Wildman–Crippen LogP) is 2.85. The van der Waals surface area contributed by atoms with Crippen LogP contribution in [0, 0.1) is 0 Å². The summed E-state index contributed by atoms with van der Waals surface area (Å²) in [5.41, 5.74) is 0.407. The molecule has 2 aromatic rings. The summed E-state index contributed by atoms with van der Waals surface area (Å²) in [5, 5.41) is 3.98. The van der Waals surface area contributed by atoms with Crippen LogP contribution in [0.3, 0.4) is 0 Å². The molecule has 26 heavy (non-hydrogen) atoms. The summed E-state index contributed by atoms with van der Waals surface area (Å²) in [6.45, 7) is 5.40. The average Bonchev–Trinajstić information content (AvgIpc) is 3.11. The van der Waals surface area contributed by atoms with Crippen molar-refractivity contribution in [1.82, 2.24) is 14.9 Å². The van der Waals surface area contributed by atoms with Crippen molar-refractivity contribution in [3.8, 4) is 0 Å². The highest BCUT2D eigenvalue weighted by Crippen LogP contribution is 2.25. The number of benzene rings is 1. The normalized spacial score (nSPS) is 18.2. The molecule has 2 atom stereocenters. The summed E-state index contributed by atoms with van der Waals surface area (Å²) in [7, 11) is 0. The molecule has 140 valence electrons. The van der Waals surface area contributed by atoms with Crippen molar-refractivity contribution in [1.29, 1.82) is 0 Å². The fourth-order valence-electron chi connectivity index (χ4n) is 2.95. The first-order chi connectivity index (χ1) is 12.5. The van der Waals surface area contributed by atoms with Crippen molar-refractivity contribution in [2.75, 3.05) is 13.2 Å². The molecule has 0 spiro atoms.